The highest BCUT2D eigenvalue weighted by Crippen LogP contribution is 2.51. The Hall–Kier alpha value is -3.75. The molecule has 0 amide bonds. The zero-order valence-corrected chi connectivity index (χ0v) is 24.2. The fraction of sp³-hybridized carbons (Fsp3) is 0.308. The predicted molar refractivity (Wildman–Crippen MR) is 143 cm³/mol. The maximum absolute atomic E-state index is 13.5. The van der Waals surface area contributed by atoms with E-state index in [1.54, 1.807) is 0 Å². The summed E-state index contributed by atoms with van der Waals surface area (Å²) in [6.45, 7) is 0. The highest BCUT2D eigenvalue weighted by molar-refractivity contribution is 7.92. The first-order chi connectivity index (χ1) is 21.0. The fourth-order valence-electron chi connectivity index (χ4n) is 5.06. The van der Waals surface area contributed by atoms with Crippen molar-refractivity contribution >= 4 is 31.1 Å². The second-order valence-corrected chi connectivity index (χ2v) is 14.2. The molecule has 1 saturated heterocycles. The molecule has 250 valence electrons. The van der Waals surface area contributed by atoms with Crippen molar-refractivity contribution in [3.05, 3.63) is 71.8 Å². The van der Waals surface area contributed by atoms with Crippen molar-refractivity contribution < 1.29 is 66.7 Å². The number of nitrogens with zero attached hydrogens (tertiary/aromatic N) is 1. The van der Waals surface area contributed by atoms with Crippen molar-refractivity contribution in [3.63, 3.8) is 0 Å². The summed E-state index contributed by atoms with van der Waals surface area (Å²) in [4.78, 5) is 0.578. The molecular formula is C26H20F9N3O6S2. The van der Waals surface area contributed by atoms with Crippen molar-refractivity contribution in [3.8, 4) is 17.2 Å². The van der Waals surface area contributed by atoms with E-state index < -0.39 is 101 Å². The Morgan fingerprint density at radius 3 is 1.80 bits per heavy atom. The summed E-state index contributed by atoms with van der Waals surface area (Å²) in [7, 11) is -8.46. The van der Waals surface area contributed by atoms with E-state index in [2.05, 4.69) is 9.46 Å². The number of benzene rings is 3. The predicted octanol–water partition coefficient (Wildman–Crippen LogP) is 6.00. The Kier molecular flexibility index (Phi) is 8.18. The van der Waals surface area contributed by atoms with Crippen LogP contribution in [-0.4, -0.2) is 53.8 Å². The van der Waals surface area contributed by atoms with Gasteiger partial charge in [-0.05, 0) is 60.7 Å². The fourth-order valence-corrected chi connectivity index (χ4v) is 8.30. The van der Waals surface area contributed by atoms with E-state index in [0.29, 0.717) is 24.3 Å². The number of aliphatic hydroxyl groups excluding tert-OH is 1. The number of hydrogen-bond acceptors (Lipinski definition) is 8. The Labute approximate surface area is 254 Å². The van der Waals surface area contributed by atoms with Crippen LogP contribution in [0.2, 0.25) is 0 Å². The van der Waals surface area contributed by atoms with E-state index in [4.69, 9.17) is 9.52 Å². The summed E-state index contributed by atoms with van der Waals surface area (Å²) < 4.78 is 177. The Bertz CT molecular complexity index is 1800. The van der Waals surface area contributed by atoms with Gasteiger partial charge in [0.1, 0.15) is 15.7 Å². The molecule has 0 spiro atoms. The summed E-state index contributed by atoms with van der Waals surface area (Å²) in [5, 5.41) is 11.4. The van der Waals surface area contributed by atoms with Crippen LogP contribution < -0.4 is 19.1 Å². The van der Waals surface area contributed by atoms with Gasteiger partial charge in [-0.25, -0.2) is 22.1 Å². The van der Waals surface area contributed by atoms with Crippen LogP contribution >= 0.6 is 0 Å². The van der Waals surface area contributed by atoms with E-state index in [1.807, 2.05) is 0 Å². The van der Waals surface area contributed by atoms with E-state index in [1.165, 1.54) is 0 Å². The molecular weight excluding hydrogens is 685 g/mol. The lowest BCUT2D eigenvalue weighted by Gasteiger charge is -2.44. The van der Waals surface area contributed by atoms with Crippen LogP contribution in [0.4, 0.5) is 50.9 Å². The first-order valence-electron chi connectivity index (χ1n) is 12.7. The molecule has 9 nitrogen and oxygen atoms in total. The topological polar surface area (TPSA) is 129 Å². The molecule has 20 heteroatoms. The average molecular weight is 706 g/mol. The molecule has 2 heterocycles. The SMILES string of the molecule is N=S(=O)(NC1CS(=O)(=O)CC(N2c3ccc(C(F)(F)F)cc3Oc3cc(C(F)(F)F)ccc32)C1O)c1ccc(OC(F)(F)F)cc1. The van der Waals surface area contributed by atoms with Gasteiger partial charge in [0.15, 0.2) is 21.3 Å². The highest BCUT2D eigenvalue weighted by atomic mass is 32.2. The maximum Gasteiger partial charge on any atom is 0.573 e. The minimum Gasteiger partial charge on any atom is -0.453 e. The van der Waals surface area contributed by atoms with E-state index in [-0.39, 0.29) is 11.4 Å². The lowest BCUT2D eigenvalue weighted by atomic mass is 10.00. The number of sulfone groups is 1. The van der Waals surface area contributed by atoms with Crippen molar-refractivity contribution in [2.24, 2.45) is 0 Å². The second-order valence-electron chi connectivity index (χ2n) is 10.3. The first-order valence-corrected chi connectivity index (χ1v) is 16.1. The van der Waals surface area contributed by atoms with Crippen molar-refractivity contribution in [1.82, 2.24) is 4.72 Å². The summed E-state index contributed by atoms with van der Waals surface area (Å²) in [6.07, 6.45) is -16.7. The molecule has 4 unspecified atom stereocenters. The first kappa shape index (κ1) is 33.6. The quantitative estimate of drug-likeness (QED) is 0.278. The minimum absolute atomic E-state index is 0.244. The zero-order valence-electron chi connectivity index (χ0n) is 22.6. The number of hydrogen-bond donors (Lipinski definition) is 3. The molecule has 1 fully saturated rings. The summed E-state index contributed by atoms with van der Waals surface area (Å²) in [5.41, 5.74) is -2.96. The van der Waals surface area contributed by atoms with Crippen LogP contribution in [-0.2, 0) is 32.1 Å². The van der Waals surface area contributed by atoms with Gasteiger partial charge in [-0.2, -0.15) is 26.3 Å². The van der Waals surface area contributed by atoms with Gasteiger partial charge in [0.05, 0.1) is 57.1 Å². The lowest BCUT2D eigenvalue weighted by molar-refractivity contribution is -0.274. The molecule has 5 rings (SSSR count). The number of nitrogens with one attached hydrogen (secondary N) is 2. The Balaban J connectivity index is 1.54. The number of halogens is 9. The standard InChI is InChI=1S/C26H20F9N3O6S2/c27-24(28,29)13-1-7-18-21(9-13)43-22-10-14(25(30,31)32)2-8-19(22)38(18)20-12-45(40,41)11-17(23(20)39)37-46(36,42)16-5-3-15(4-6-16)44-26(33,34)35/h1-10,17,20,23,39H,11-12H2,(H2,36,37,42). The van der Waals surface area contributed by atoms with Crippen molar-refractivity contribution in [2.45, 2.75) is 41.8 Å². The molecule has 0 saturated carbocycles. The smallest absolute Gasteiger partial charge is 0.453 e. The van der Waals surface area contributed by atoms with Crippen molar-refractivity contribution in [2.75, 3.05) is 16.4 Å². The molecule has 0 bridgehead atoms. The van der Waals surface area contributed by atoms with Crippen LogP contribution in [0.25, 0.3) is 0 Å². The largest absolute Gasteiger partial charge is 0.573 e. The van der Waals surface area contributed by atoms with Gasteiger partial charge in [-0.15, -0.1) is 13.2 Å². The molecule has 2 aliphatic rings. The number of alkyl halides is 9. The monoisotopic (exact) mass is 705 g/mol. The second kappa shape index (κ2) is 11.2. The molecule has 3 N–H and O–H groups in total. The van der Waals surface area contributed by atoms with Gasteiger partial charge >= 0.3 is 18.7 Å². The molecule has 0 aliphatic carbocycles. The third-order valence-electron chi connectivity index (χ3n) is 7.02. The van der Waals surface area contributed by atoms with Crippen LogP contribution in [0.1, 0.15) is 11.1 Å². The minimum atomic E-state index is -5.04. The van der Waals surface area contributed by atoms with Crippen LogP contribution in [0.5, 0.6) is 17.2 Å². The third-order valence-corrected chi connectivity index (χ3v) is 10.3. The Morgan fingerprint density at radius 1 is 0.848 bits per heavy atom. The highest BCUT2D eigenvalue weighted by Gasteiger charge is 2.47. The van der Waals surface area contributed by atoms with Crippen LogP contribution in [0.3, 0.4) is 0 Å². The van der Waals surface area contributed by atoms with E-state index in [0.717, 1.165) is 41.3 Å². The molecule has 46 heavy (non-hydrogen) atoms. The summed E-state index contributed by atoms with van der Waals surface area (Å²) >= 11 is 0. The number of aliphatic hydroxyl groups is 1. The van der Waals surface area contributed by atoms with E-state index in [9.17, 15) is 57.2 Å². The normalized spacial score (nSPS) is 22.7. The molecule has 2 aliphatic heterocycles. The molecule has 3 aromatic rings. The van der Waals surface area contributed by atoms with Crippen LogP contribution in [0, 0.1) is 4.78 Å². The third kappa shape index (κ3) is 6.98. The van der Waals surface area contributed by atoms with Crippen LogP contribution in [0.15, 0.2) is 65.6 Å². The Morgan fingerprint density at radius 2 is 1.35 bits per heavy atom. The molecule has 3 aromatic carbocycles. The average Bonchev–Trinajstić information content (AvgIpc) is 2.91. The van der Waals surface area contributed by atoms with Gasteiger partial charge in [-0.3, -0.25) is 0 Å². The van der Waals surface area contributed by atoms with E-state index >= 15 is 0 Å². The number of fused-ring (bicyclic) bond motifs is 2. The van der Waals surface area contributed by atoms with Crippen molar-refractivity contribution in [1.29, 1.82) is 4.78 Å². The van der Waals surface area contributed by atoms with Gasteiger partial charge in [0.25, 0.3) is 0 Å². The molecule has 0 radical (unpaired) electrons. The molecule has 4 atom stereocenters. The van der Waals surface area contributed by atoms with Gasteiger partial charge < -0.3 is 19.5 Å². The van der Waals surface area contributed by atoms with Gasteiger partial charge in [0, 0.05) is 0 Å². The zero-order chi connectivity index (χ0) is 34.0. The van der Waals surface area contributed by atoms with Gasteiger partial charge in [-0.1, -0.05) is 0 Å². The number of rotatable bonds is 5. The summed E-state index contributed by atoms with van der Waals surface area (Å²) in [6, 6.07) is 3.83. The maximum atomic E-state index is 13.5. The van der Waals surface area contributed by atoms with Gasteiger partial charge in [0.2, 0.25) is 0 Å². The lowest BCUT2D eigenvalue weighted by Crippen LogP contribution is -2.62. The number of ether oxygens (including phenoxy) is 2. The number of anilines is 2. The molecule has 0 aromatic heterocycles. The summed E-state index contributed by atoms with van der Waals surface area (Å²) in [5.74, 6) is -3.70.